The molecule has 3 rings (SSSR count). The highest BCUT2D eigenvalue weighted by Gasteiger charge is 2.14. The zero-order valence-corrected chi connectivity index (χ0v) is 14.9. The Morgan fingerprint density at radius 2 is 2.17 bits per heavy atom. The largest absolute Gasteiger partial charge is 0.462 e. The average Bonchev–Trinajstić information content (AvgIpc) is 3.19. The van der Waals surface area contributed by atoms with E-state index in [2.05, 4.69) is 20.5 Å². The molecule has 2 aromatic heterocycles. The number of nitrogens with zero attached hydrogens (tertiary/aromatic N) is 2. The number of aromatic nitrogens is 1. The van der Waals surface area contributed by atoms with E-state index in [0.29, 0.717) is 17.2 Å². The summed E-state index contributed by atoms with van der Waals surface area (Å²) in [6.45, 7) is 5.67. The van der Waals surface area contributed by atoms with E-state index in [0.717, 1.165) is 37.7 Å². The Hall–Kier alpha value is -1.12. The molecule has 9 heteroatoms. The van der Waals surface area contributed by atoms with Gasteiger partial charge in [-0.25, -0.2) is 4.98 Å². The van der Waals surface area contributed by atoms with Gasteiger partial charge in [-0.3, -0.25) is 9.69 Å². The molecule has 2 aromatic rings. The summed E-state index contributed by atoms with van der Waals surface area (Å²) in [5, 5.41) is 6.98. The van der Waals surface area contributed by atoms with E-state index in [-0.39, 0.29) is 30.7 Å². The van der Waals surface area contributed by atoms with Gasteiger partial charge in [-0.2, -0.15) is 0 Å². The summed E-state index contributed by atoms with van der Waals surface area (Å²) in [4.78, 5) is 19.2. The summed E-state index contributed by atoms with van der Waals surface area (Å²) in [5.41, 5.74) is 0. The SMILES string of the molecule is Cl.Cl.O=C(NCCN1CCNCC1)c1cnc(-c2ccco2)s1. The minimum atomic E-state index is -0.0690. The fraction of sp³-hybridized carbons (Fsp3) is 0.429. The van der Waals surface area contributed by atoms with Crippen molar-refractivity contribution in [3.63, 3.8) is 0 Å². The zero-order chi connectivity index (χ0) is 14.5. The van der Waals surface area contributed by atoms with E-state index in [9.17, 15) is 4.79 Å². The first kappa shape index (κ1) is 19.9. The third kappa shape index (κ3) is 5.47. The Labute approximate surface area is 151 Å². The van der Waals surface area contributed by atoms with Crippen LogP contribution in [-0.2, 0) is 0 Å². The number of furan rings is 1. The van der Waals surface area contributed by atoms with Crippen molar-refractivity contribution in [1.82, 2.24) is 20.5 Å². The molecule has 3 heterocycles. The fourth-order valence-electron chi connectivity index (χ4n) is 2.24. The van der Waals surface area contributed by atoms with Crippen LogP contribution in [0.2, 0.25) is 0 Å². The summed E-state index contributed by atoms with van der Waals surface area (Å²) >= 11 is 1.34. The van der Waals surface area contributed by atoms with Gasteiger partial charge < -0.3 is 15.1 Å². The van der Waals surface area contributed by atoms with Crippen LogP contribution in [0.15, 0.2) is 29.0 Å². The van der Waals surface area contributed by atoms with Gasteiger partial charge in [0.05, 0.1) is 12.5 Å². The van der Waals surface area contributed by atoms with E-state index in [1.54, 1.807) is 12.5 Å². The molecule has 0 radical (unpaired) electrons. The maximum Gasteiger partial charge on any atom is 0.263 e. The van der Waals surface area contributed by atoms with Crippen LogP contribution in [0.5, 0.6) is 0 Å². The molecule has 0 aromatic carbocycles. The molecule has 0 saturated carbocycles. The summed E-state index contributed by atoms with van der Waals surface area (Å²) in [5.74, 6) is 0.625. The smallest absolute Gasteiger partial charge is 0.263 e. The number of rotatable bonds is 5. The summed E-state index contributed by atoms with van der Waals surface area (Å²) in [6.07, 6.45) is 3.20. The molecule has 0 aliphatic carbocycles. The summed E-state index contributed by atoms with van der Waals surface area (Å²) in [6, 6.07) is 3.65. The number of amides is 1. The van der Waals surface area contributed by atoms with Crippen LogP contribution in [-0.4, -0.2) is 55.1 Å². The van der Waals surface area contributed by atoms with Gasteiger partial charge in [-0.05, 0) is 12.1 Å². The predicted molar refractivity (Wildman–Crippen MR) is 96.0 cm³/mol. The quantitative estimate of drug-likeness (QED) is 0.830. The molecular formula is C14H20Cl2N4O2S. The van der Waals surface area contributed by atoms with Crippen molar-refractivity contribution >= 4 is 42.1 Å². The van der Waals surface area contributed by atoms with Crippen molar-refractivity contribution in [2.75, 3.05) is 39.3 Å². The lowest BCUT2D eigenvalue weighted by Gasteiger charge is -2.26. The van der Waals surface area contributed by atoms with Crippen LogP contribution in [0, 0.1) is 0 Å². The molecule has 23 heavy (non-hydrogen) atoms. The van der Waals surface area contributed by atoms with Gasteiger partial charge in [-0.1, -0.05) is 0 Å². The van der Waals surface area contributed by atoms with Gasteiger partial charge in [0.25, 0.3) is 5.91 Å². The molecular weight excluding hydrogens is 359 g/mol. The number of carbonyl (C=O) groups excluding carboxylic acids is 1. The first-order valence-electron chi connectivity index (χ1n) is 7.04. The van der Waals surface area contributed by atoms with E-state index >= 15 is 0 Å². The highest BCUT2D eigenvalue weighted by molar-refractivity contribution is 7.16. The molecule has 0 unspecified atom stereocenters. The van der Waals surface area contributed by atoms with Crippen LogP contribution < -0.4 is 10.6 Å². The molecule has 128 valence electrons. The van der Waals surface area contributed by atoms with Crippen LogP contribution in [0.25, 0.3) is 10.8 Å². The summed E-state index contributed by atoms with van der Waals surface area (Å²) < 4.78 is 5.28. The highest BCUT2D eigenvalue weighted by atomic mass is 35.5. The van der Waals surface area contributed by atoms with Gasteiger partial charge in [0.2, 0.25) is 0 Å². The Morgan fingerprint density at radius 1 is 1.39 bits per heavy atom. The lowest BCUT2D eigenvalue weighted by Crippen LogP contribution is -2.46. The number of piperazine rings is 1. The Morgan fingerprint density at radius 3 is 2.87 bits per heavy atom. The Bertz CT molecular complexity index is 585. The normalized spacial score (nSPS) is 14.6. The standard InChI is InChI=1S/C14H18N4O2S.2ClH/c19-13(16-5-8-18-6-3-15-4-7-18)12-10-17-14(21-12)11-2-1-9-20-11;;/h1-2,9-10,15H,3-8H2,(H,16,19);2*1H. The van der Waals surface area contributed by atoms with Crippen LogP contribution in [0.3, 0.4) is 0 Å². The maximum absolute atomic E-state index is 12.1. The molecule has 1 aliphatic heterocycles. The fourth-order valence-corrected chi connectivity index (χ4v) is 3.04. The van der Waals surface area contributed by atoms with Crippen molar-refractivity contribution in [3.8, 4) is 10.8 Å². The maximum atomic E-state index is 12.1. The third-order valence-electron chi connectivity index (χ3n) is 3.38. The zero-order valence-electron chi connectivity index (χ0n) is 12.5. The highest BCUT2D eigenvalue weighted by Crippen LogP contribution is 2.25. The second kappa shape index (κ2) is 9.89. The third-order valence-corrected chi connectivity index (χ3v) is 4.40. The van der Waals surface area contributed by atoms with Crippen LogP contribution in [0.1, 0.15) is 9.67 Å². The van der Waals surface area contributed by atoms with Crippen molar-refractivity contribution in [2.45, 2.75) is 0 Å². The molecule has 1 saturated heterocycles. The number of nitrogens with one attached hydrogen (secondary N) is 2. The molecule has 0 atom stereocenters. The number of carbonyl (C=O) groups is 1. The van der Waals surface area contributed by atoms with Crippen LogP contribution in [0.4, 0.5) is 0 Å². The van der Waals surface area contributed by atoms with Crippen molar-refractivity contribution in [2.24, 2.45) is 0 Å². The molecule has 2 N–H and O–H groups in total. The number of halogens is 2. The average molecular weight is 379 g/mol. The second-order valence-electron chi connectivity index (χ2n) is 4.85. The van der Waals surface area contributed by atoms with Gasteiger partial charge in [0, 0.05) is 39.3 Å². The van der Waals surface area contributed by atoms with Crippen molar-refractivity contribution < 1.29 is 9.21 Å². The lowest BCUT2D eigenvalue weighted by molar-refractivity contribution is 0.0951. The van der Waals surface area contributed by atoms with Gasteiger partial charge in [0.15, 0.2) is 10.8 Å². The van der Waals surface area contributed by atoms with Crippen LogP contribution >= 0.6 is 36.2 Å². The van der Waals surface area contributed by atoms with E-state index in [1.807, 2.05) is 12.1 Å². The van der Waals surface area contributed by atoms with E-state index < -0.39 is 0 Å². The van der Waals surface area contributed by atoms with Crippen molar-refractivity contribution in [1.29, 1.82) is 0 Å². The minimum absolute atomic E-state index is 0. The van der Waals surface area contributed by atoms with Gasteiger partial charge in [-0.15, -0.1) is 36.2 Å². The number of hydrogen-bond acceptors (Lipinski definition) is 6. The predicted octanol–water partition coefficient (Wildman–Crippen LogP) is 1.88. The summed E-state index contributed by atoms with van der Waals surface area (Å²) in [7, 11) is 0. The molecule has 6 nitrogen and oxygen atoms in total. The Balaban J connectivity index is 0.00000132. The molecule has 1 aliphatic rings. The molecule has 1 fully saturated rings. The molecule has 0 spiro atoms. The first-order valence-corrected chi connectivity index (χ1v) is 7.85. The Kier molecular flexibility index (Phi) is 8.57. The second-order valence-corrected chi connectivity index (χ2v) is 5.89. The monoisotopic (exact) mass is 378 g/mol. The van der Waals surface area contributed by atoms with Crippen molar-refractivity contribution in [3.05, 3.63) is 29.5 Å². The molecule has 1 amide bonds. The van der Waals surface area contributed by atoms with E-state index in [4.69, 9.17) is 4.42 Å². The molecule has 0 bridgehead atoms. The van der Waals surface area contributed by atoms with Gasteiger partial charge in [0.1, 0.15) is 4.88 Å². The lowest BCUT2D eigenvalue weighted by atomic mass is 10.3. The van der Waals surface area contributed by atoms with Gasteiger partial charge >= 0.3 is 0 Å². The minimum Gasteiger partial charge on any atom is -0.462 e. The van der Waals surface area contributed by atoms with E-state index in [1.165, 1.54) is 11.3 Å². The first-order chi connectivity index (χ1) is 10.3. The topological polar surface area (TPSA) is 70.4 Å². The number of thiazole rings is 1. The number of hydrogen-bond donors (Lipinski definition) is 2.